The van der Waals surface area contributed by atoms with Gasteiger partial charge in [0.1, 0.15) is 5.70 Å². The largest absolute Gasteiger partial charge is 0.350 e. The first-order valence-corrected chi connectivity index (χ1v) is 9.03. The number of rotatable bonds is 6. The summed E-state index contributed by atoms with van der Waals surface area (Å²) in [6.45, 7) is 6.11. The van der Waals surface area contributed by atoms with Crippen LogP contribution < -0.4 is 5.32 Å². The summed E-state index contributed by atoms with van der Waals surface area (Å²) in [6.07, 6.45) is 0.641. The molecule has 144 valence electrons. The van der Waals surface area contributed by atoms with Crippen molar-refractivity contribution in [1.82, 2.24) is 4.90 Å². The fourth-order valence-electron chi connectivity index (χ4n) is 3.16. The van der Waals surface area contributed by atoms with Gasteiger partial charge in [0.2, 0.25) is 0 Å². The van der Waals surface area contributed by atoms with Gasteiger partial charge in [-0.2, -0.15) is 0 Å². The molecule has 2 aromatic carbocycles. The number of nitrogens with zero attached hydrogens (tertiary/aromatic N) is 2. The maximum Gasteiger partial charge on any atom is 0.278 e. The zero-order valence-corrected chi connectivity index (χ0v) is 16.0. The molecule has 1 N–H and O–H groups in total. The second kappa shape index (κ2) is 7.64. The van der Waals surface area contributed by atoms with Gasteiger partial charge in [0.15, 0.2) is 0 Å². The van der Waals surface area contributed by atoms with E-state index < -0.39 is 10.8 Å². The number of imide groups is 1. The van der Waals surface area contributed by atoms with Crippen LogP contribution in [-0.4, -0.2) is 28.2 Å². The molecular formula is C21H21N3O4. The Bertz CT molecular complexity index is 993. The summed E-state index contributed by atoms with van der Waals surface area (Å²) in [5.74, 6) is -0.783. The molecule has 0 unspecified atom stereocenters. The van der Waals surface area contributed by atoms with Gasteiger partial charge in [-0.1, -0.05) is 19.1 Å². The quantitative estimate of drug-likeness (QED) is 0.468. The predicted molar refractivity (Wildman–Crippen MR) is 107 cm³/mol. The molecule has 28 heavy (non-hydrogen) atoms. The smallest absolute Gasteiger partial charge is 0.278 e. The molecule has 7 heteroatoms. The molecule has 0 fully saturated rings. The first kappa shape index (κ1) is 19.3. The van der Waals surface area contributed by atoms with E-state index in [4.69, 9.17) is 0 Å². The molecular weight excluding hydrogens is 358 g/mol. The minimum atomic E-state index is -0.502. The number of anilines is 1. The van der Waals surface area contributed by atoms with Gasteiger partial charge in [0.05, 0.1) is 10.5 Å². The average molecular weight is 379 g/mol. The lowest BCUT2D eigenvalue weighted by Crippen LogP contribution is -2.33. The normalized spacial score (nSPS) is 14.0. The Morgan fingerprint density at radius 1 is 1.04 bits per heavy atom. The van der Waals surface area contributed by atoms with Crippen molar-refractivity contribution < 1.29 is 14.5 Å². The summed E-state index contributed by atoms with van der Waals surface area (Å²) in [5, 5.41) is 14.1. The Labute approximate surface area is 162 Å². The minimum absolute atomic E-state index is 0.0735. The molecule has 3 rings (SSSR count). The van der Waals surface area contributed by atoms with Crippen LogP contribution in [0.5, 0.6) is 0 Å². The lowest BCUT2D eigenvalue weighted by Gasteiger charge is -2.15. The van der Waals surface area contributed by atoms with Crippen LogP contribution >= 0.6 is 0 Å². The van der Waals surface area contributed by atoms with Crippen LogP contribution in [0.15, 0.2) is 48.2 Å². The molecule has 0 radical (unpaired) electrons. The van der Waals surface area contributed by atoms with Crippen molar-refractivity contribution in [2.75, 3.05) is 11.9 Å². The maximum absolute atomic E-state index is 13.0. The molecule has 0 bridgehead atoms. The van der Waals surface area contributed by atoms with Crippen LogP contribution in [0.4, 0.5) is 11.4 Å². The standard InChI is InChI=1S/C21H21N3O4/c1-4-12-23-20(25)18(15-8-10-16(11-9-15)24(27)28)19(21(23)26)22-17-7-5-6-13(2)14(17)3/h5-11,22H,4,12H2,1-3H3. The fourth-order valence-corrected chi connectivity index (χ4v) is 3.16. The first-order chi connectivity index (χ1) is 13.3. The van der Waals surface area contributed by atoms with E-state index in [1.165, 1.54) is 29.2 Å². The zero-order valence-electron chi connectivity index (χ0n) is 16.0. The molecule has 7 nitrogen and oxygen atoms in total. The fraction of sp³-hybridized carbons (Fsp3) is 0.238. The highest BCUT2D eigenvalue weighted by Crippen LogP contribution is 2.32. The number of nitro benzene ring substituents is 1. The van der Waals surface area contributed by atoms with E-state index >= 15 is 0 Å². The number of carbonyl (C=O) groups is 2. The van der Waals surface area contributed by atoms with Gasteiger partial charge in [-0.05, 0) is 55.2 Å². The van der Waals surface area contributed by atoms with Crippen LogP contribution in [0.1, 0.15) is 30.0 Å². The Morgan fingerprint density at radius 2 is 1.71 bits per heavy atom. The number of benzene rings is 2. The van der Waals surface area contributed by atoms with E-state index in [2.05, 4.69) is 5.32 Å². The van der Waals surface area contributed by atoms with Crippen molar-refractivity contribution in [2.45, 2.75) is 27.2 Å². The highest BCUT2D eigenvalue weighted by molar-refractivity contribution is 6.36. The van der Waals surface area contributed by atoms with Crippen molar-refractivity contribution >= 4 is 28.8 Å². The van der Waals surface area contributed by atoms with Crippen LogP contribution in [0, 0.1) is 24.0 Å². The molecule has 2 amide bonds. The second-order valence-corrected chi connectivity index (χ2v) is 6.69. The van der Waals surface area contributed by atoms with Gasteiger partial charge in [-0.25, -0.2) is 0 Å². The third-order valence-electron chi connectivity index (χ3n) is 4.85. The Kier molecular flexibility index (Phi) is 5.26. The van der Waals surface area contributed by atoms with Gasteiger partial charge in [-0.3, -0.25) is 24.6 Å². The summed E-state index contributed by atoms with van der Waals surface area (Å²) < 4.78 is 0. The van der Waals surface area contributed by atoms with Gasteiger partial charge in [-0.15, -0.1) is 0 Å². The van der Waals surface area contributed by atoms with E-state index in [0.29, 0.717) is 18.5 Å². The summed E-state index contributed by atoms with van der Waals surface area (Å²) in [4.78, 5) is 37.5. The minimum Gasteiger partial charge on any atom is -0.350 e. The third-order valence-corrected chi connectivity index (χ3v) is 4.85. The van der Waals surface area contributed by atoms with E-state index in [1.54, 1.807) is 0 Å². The number of nitro groups is 1. The molecule has 0 spiro atoms. The average Bonchev–Trinajstić information content (AvgIpc) is 2.90. The van der Waals surface area contributed by atoms with E-state index in [1.807, 2.05) is 39.0 Å². The predicted octanol–water partition coefficient (Wildman–Crippen LogP) is 3.81. The van der Waals surface area contributed by atoms with E-state index in [-0.39, 0.29) is 22.9 Å². The number of hydrogen-bond donors (Lipinski definition) is 1. The van der Waals surface area contributed by atoms with Crippen molar-refractivity contribution in [3.63, 3.8) is 0 Å². The van der Waals surface area contributed by atoms with E-state index in [9.17, 15) is 19.7 Å². The van der Waals surface area contributed by atoms with Gasteiger partial charge in [0.25, 0.3) is 17.5 Å². The first-order valence-electron chi connectivity index (χ1n) is 9.03. The van der Waals surface area contributed by atoms with Crippen molar-refractivity contribution in [3.05, 3.63) is 75.0 Å². The molecule has 0 saturated heterocycles. The van der Waals surface area contributed by atoms with Crippen molar-refractivity contribution in [2.24, 2.45) is 0 Å². The highest BCUT2D eigenvalue weighted by Gasteiger charge is 2.38. The summed E-state index contributed by atoms with van der Waals surface area (Å²) in [6, 6.07) is 11.4. The number of nitrogens with one attached hydrogen (secondary N) is 1. The van der Waals surface area contributed by atoms with Crippen LogP contribution in [0.25, 0.3) is 5.57 Å². The van der Waals surface area contributed by atoms with Crippen LogP contribution in [0.2, 0.25) is 0 Å². The SMILES string of the molecule is CCCN1C(=O)C(Nc2cccc(C)c2C)=C(c2ccc([N+](=O)[O-])cc2)C1=O. The maximum atomic E-state index is 13.0. The van der Waals surface area contributed by atoms with Crippen LogP contribution in [0.3, 0.4) is 0 Å². The summed E-state index contributed by atoms with van der Waals surface area (Å²) in [7, 11) is 0. The zero-order chi connectivity index (χ0) is 20.4. The number of non-ortho nitro benzene ring substituents is 1. The highest BCUT2D eigenvalue weighted by atomic mass is 16.6. The Morgan fingerprint density at radius 3 is 2.32 bits per heavy atom. The molecule has 0 aliphatic carbocycles. The molecule has 1 aliphatic rings. The number of amides is 2. The molecule has 0 atom stereocenters. The van der Waals surface area contributed by atoms with E-state index in [0.717, 1.165) is 16.8 Å². The summed E-state index contributed by atoms with van der Waals surface area (Å²) >= 11 is 0. The monoisotopic (exact) mass is 379 g/mol. The molecule has 1 aliphatic heterocycles. The van der Waals surface area contributed by atoms with Gasteiger partial charge >= 0.3 is 0 Å². The second-order valence-electron chi connectivity index (χ2n) is 6.69. The molecule has 0 aromatic heterocycles. The van der Waals surface area contributed by atoms with Crippen molar-refractivity contribution in [1.29, 1.82) is 0 Å². The summed E-state index contributed by atoms with van der Waals surface area (Å²) in [5.41, 5.74) is 3.60. The van der Waals surface area contributed by atoms with Crippen molar-refractivity contribution in [3.8, 4) is 0 Å². The third kappa shape index (κ3) is 3.38. The lowest BCUT2D eigenvalue weighted by molar-refractivity contribution is -0.384. The number of carbonyl (C=O) groups excluding carboxylic acids is 2. The topological polar surface area (TPSA) is 92.6 Å². The Balaban J connectivity index is 2.10. The molecule has 1 heterocycles. The molecule has 2 aromatic rings. The van der Waals surface area contributed by atoms with Crippen LogP contribution in [-0.2, 0) is 9.59 Å². The van der Waals surface area contributed by atoms with Gasteiger partial charge < -0.3 is 5.32 Å². The molecule has 0 saturated carbocycles. The number of aryl methyl sites for hydroxylation is 1. The number of hydrogen-bond acceptors (Lipinski definition) is 5. The lowest BCUT2D eigenvalue weighted by atomic mass is 10.0. The van der Waals surface area contributed by atoms with Gasteiger partial charge in [0, 0.05) is 24.4 Å². The Hall–Kier alpha value is -3.48.